The molecule has 162 valence electrons. The van der Waals surface area contributed by atoms with Crippen LogP contribution < -0.4 is 31.0 Å². The van der Waals surface area contributed by atoms with Crippen molar-refractivity contribution in [1.82, 2.24) is 9.97 Å². The topological polar surface area (TPSA) is 172 Å². The van der Waals surface area contributed by atoms with Gasteiger partial charge in [-0.1, -0.05) is 12.1 Å². The molecule has 3 aromatic rings. The van der Waals surface area contributed by atoms with Gasteiger partial charge in [-0.25, -0.2) is 18.5 Å². The third-order valence-electron chi connectivity index (χ3n) is 4.11. The first-order chi connectivity index (χ1) is 14.7. The number of sulfonamides is 1. The van der Waals surface area contributed by atoms with Gasteiger partial charge in [0.2, 0.25) is 16.0 Å². The van der Waals surface area contributed by atoms with Crippen molar-refractivity contribution in [3.8, 4) is 11.5 Å². The average molecular weight is 444 g/mol. The number of carbonyl (C=O) groups is 1. The van der Waals surface area contributed by atoms with Crippen molar-refractivity contribution in [2.24, 2.45) is 10.9 Å². The maximum Gasteiger partial charge on any atom is 0.254 e. The highest BCUT2D eigenvalue weighted by Gasteiger charge is 2.18. The minimum atomic E-state index is -4.03. The van der Waals surface area contributed by atoms with E-state index in [9.17, 15) is 13.2 Å². The molecule has 1 aromatic heterocycles. The molecule has 0 atom stereocenters. The molecule has 0 spiro atoms. The van der Waals surface area contributed by atoms with Gasteiger partial charge in [0.25, 0.3) is 5.91 Å². The summed E-state index contributed by atoms with van der Waals surface area (Å²) in [5, 5.41) is 11.0. The van der Waals surface area contributed by atoms with Crippen LogP contribution in [0.5, 0.6) is 11.5 Å². The Hall–Kier alpha value is -3.90. The van der Waals surface area contributed by atoms with Crippen LogP contribution in [0.4, 0.5) is 23.1 Å². The third kappa shape index (κ3) is 5.18. The van der Waals surface area contributed by atoms with Gasteiger partial charge in [0.05, 0.1) is 19.9 Å². The molecule has 11 nitrogen and oxygen atoms in total. The van der Waals surface area contributed by atoms with Crippen molar-refractivity contribution in [3.63, 3.8) is 0 Å². The third-order valence-corrected chi connectivity index (χ3v) is 5.08. The molecule has 0 bridgehead atoms. The number of nitrogens with zero attached hydrogens (tertiary/aromatic N) is 2. The summed E-state index contributed by atoms with van der Waals surface area (Å²) in [6, 6.07) is 11.0. The van der Waals surface area contributed by atoms with Crippen LogP contribution >= 0.6 is 0 Å². The van der Waals surface area contributed by atoms with Crippen LogP contribution in [0.3, 0.4) is 0 Å². The van der Waals surface area contributed by atoms with Gasteiger partial charge in [0, 0.05) is 30.1 Å². The maximum absolute atomic E-state index is 11.9. The fourth-order valence-corrected chi connectivity index (χ4v) is 3.37. The molecule has 0 aliphatic rings. The van der Waals surface area contributed by atoms with E-state index < -0.39 is 15.9 Å². The van der Waals surface area contributed by atoms with E-state index in [0.29, 0.717) is 17.2 Å². The summed E-state index contributed by atoms with van der Waals surface area (Å²) in [5.41, 5.74) is 6.05. The summed E-state index contributed by atoms with van der Waals surface area (Å²) in [6.45, 7) is 0. The van der Waals surface area contributed by atoms with Crippen LogP contribution in [0.15, 0.2) is 53.6 Å². The van der Waals surface area contributed by atoms with E-state index in [0.717, 1.165) is 0 Å². The molecule has 1 heterocycles. The van der Waals surface area contributed by atoms with Crippen molar-refractivity contribution < 1.29 is 22.7 Å². The summed E-state index contributed by atoms with van der Waals surface area (Å²) in [4.78, 5) is 20.0. The van der Waals surface area contributed by atoms with Crippen LogP contribution in [0, 0.1) is 0 Å². The van der Waals surface area contributed by atoms with Crippen LogP contribution in [-0.2, 0) is 10.0 Å². The number of carbonyl (C=O) groups excluding carboxylic acids is 1. The molecule has 12 heteroatoms. The van der Waals surface area contributed by atoms with E-state index >= 15 is 0 Å². The number of para-hydroxylation sites is 1. The summed E-state index contributed by atoms with van der Waals surface area (Å²) in [6.07, 6.45) is 1.22. The number of methoxy groups -OCH3 is 2. The highest BCUT2D eigenvalue weighted by atomic mass is 32.2. The molecule has 0 fully saturated rings. The molecule has 1 amide bonds. The summed E-state index contributed by atoms with van der Waals surface area (Å²) in [7, 11) is -0.995. The minimum Gasteiger partial charge on any atom is -0.497 e. The lowest BCUT2D eigenvalue weighted by atomic mass is 10.2. The maximum atomic E-state index is 11.9. The van der Waals surface area contributed by atoms with Gasteiger partial charge in [-0.15, -0.1) is 0 Å². The smallest absolute Gasteiger partial charge is 0.254 e. The number of anilines is 4. The second kappa shape index (κ2) is 8.85. The van der Waals surface area contributed by atoms with E-state index in [-0.39, 0.29) is 27.9 Å². The van der Waals surface area contributed by atoms with Gasteiger partial charge in [0.1, 0.15) is 27.8 Å². The lowest BCUT2D eigenvalue weighted by molar-refractivity contribution is 0.100. The second-order valence-electron chi connectivity index (χ2n) is 6.21. The predicted octanol–water partition coefficient (Wildman–Crippen LogP) is 1.73. The zero-order valence-electron chi connectivity index (χ0n) is 16.6. The van der Waals surface area contributed by atoms with Crippen molar-refractivity contribution in [3.05, 3.63) is 54.2 Å². The number of ether oxygens (including phenoxy) is 2. The highest BCUT2D eigenvalue weighted by molar-refractivity contribution is 7.89. The highest BCUT2D eigenvalue weighted by Crippen LogP contribution is 2.29. The Labute approximate surface area is 178 Å². The molecule has 0 unspecified atom stereocenters. The number of amides is 1. The number of nitrogens with two attached hydrogens (primary N) is 2. The molecule has 6 N–H and O–H groups in total. The number of rotatable bonds is 8. The Morgan fingerprint density at radius 3 is 2.26 bits per heavy atom. The van der Waals surface area contributed by atoms with Crippen LogP contribution in [-0.4, -0.2) is 38.5 Å². The standard InChI is InChI=1S/C19H20N6O5S/c1-29-12-7-11(8-13(9-12)30-2)23-19-22-10-14(17(20)26)18(25-19)24-15-5-3-4-6-16(15)31(21,27)28/h3-10H,1-2H3,(H2,20,26)(H2,21,27,28)(H2,22,23,24,25). The molecule has 31 heavy (non-hydrogen) atoms. The van der Waals surface area contributed by atoms with Gasteiger partial charge in [0.15, 0.2) is 0 Å². The van der Waals surface area contributed by atoms with Crippen LogP contribution in [0.2, 0.25) is 0 Å². The lowest BCUT2D eigenvalue weighted by Crippen LogP contribution is -2.17. The van der Waals surface area contributed by atoms with Gasteiger partial charge < -0.3 is 25.8 Å². The van der Waals surface area contributed by atoms with Gasteiger partial charge in [-0.3, -0.25) is 4.79 Å². The van der Waals surface area contributed by atoms with Gasteiger partial charge >= 0.3 is 0 Å². The summed E-state index contributed by atoms with van der Waals surface area (Å²) < 4.78 is 34.2. The van der Waals surface area contributed by atoms with E-state index in [1.807, 2.05) is 0 Å². The zero-order chi connectivity index (χ0) is 22.6. The number of primary amides is 1. The van der Waals surface area contributed by atoms with Crippen LogP contribution in [0.1, 0.15) is 10.4 Å². The summed E-state index contributed by atoms with van der Waals surface area (Å²) >= 11 is 0. The van der Waals surface area contributed by atoms with Crippen LogP contribution in [0.25, 0.3) is 0 Å². The predicted molar refractivity (Wildman–Crippen MR) is 114 cm³/mol. The fraction of sp³-hybridized carbons (Fsp3) is 0.105. The number of hydrogen-bond acceptors (Lipinski definition) is 9. The normalized spacial score (nSPS) is 10.9. The molecular formula is C19H20N6O5S. The van der Waals surface area contributed by atoms with Crippen molar-refractivity contribution in [1.29, 1.82) is 0 Å². The second-order valence-corrected chi connectivity index (χ2v) is 7.74. The SMILES string of the molecule is COc1cc(Nc2ncc(C(N)=O)c(Nc3ccccc3S(N)(=O)=O)n2)cc(OC)c1. The average Bonchev–Trinajstić information content (AvgIpc) is 2.73. The van der Waals surface area contributed by atoms with Crippen molar-refractivity contribution in [2.75, 3.05) is 24.9 Å². The Morgan fingerprint density at radius 2 is 1.68 bits per heavy atom. The monoisotopic (exact) mass is 444 g/mol. The number of benzene rings is 2. The van der Waals surface area contributed by atoms with Crippen molar-refractivity contribution >= 4 is 39.1 Å². The number of aromatic nitrogens is 2. The molecule has 0 aliphatic carbocycles. The fourth-order valence-electron chi connectivity index (χ4n) is 2.67. The molecule has 2 aromatic carbocycles. The first kappa shape index (κ1) is 21.8. The van der Waals surface area contributed by atoms with Gasteiger partial charge in [-0.2, -0.15) is 4.98 Å². The molecule has 0 saturated carbocycles. The Kier molecular flexibility index (Phi) is 6.22. The Morgan fingerprint density at radius 1 is 1.03 bits per heavy atom. The van der Waals surface area contributed by atoms with E-state index in [1.165, 1.54) is 38.6 Å². The quantitative estimate of drug-likeness (QED) is 0.403. The van der Waals surface area contributed by atoms with E-state index in [4.69, 9.17) is 20.3 Å². The van der Waals surface area contributed by atoms with Crippen molar-refractivity contribution in [2.45, 2.75) is 4.90 Å². The zero-order valence-corrected chi connectivity index (χ0v) is 17.4. The first-order valence-electron chi connectivity index (χ1n) is 8.77. The number of hydrogen-bond donors (Lipinski definition) is 4. The van der Waals surface area contributed by atoms with E-state index in [1.54, 1.807) is 24.3 Å². The lowest BCUT2D eigenvalue weighted by Gasteiger charge is -2.14. The largest absolute Gasteiger partial charge is 0.497 e. The molecular weight excluding hydrogens is 424 g/mol. The Balaban J connectivity index is 2.01. The molecule has 0 aliphatic heterocycles. The molecule has 0 saturated heterocycles. The molecule has 3 rings (SSSR count). The first-order valence-corrected chi connectivity index (χ1v) is 10.3. The Bertz CT molecular complexity index is 1210. The summed E-state index contributed by atoms with van der Waals surface area (Å²) in [5.74, 6) is 0.379. The minimum absolute atomic E-state index is 0.00374. The van der Waals surface area contributed by atoms with Gasteiger partial charge in [-0.05, 0) is 12.1 Å². The van der Waals surface area contributed by atoms with E-state index in [2.05, 4.69) is 20.6 Å². The number of primary sulfonamides is 1. The number of nitrogens with one attached hydrogen (secondary N) is 2. The molecule has 0 radical (unpaired) electrons.